The molecule has 1 nitrogen and oxygen atoms in total. The van der Waals surface area contributed by atoms with E-state index in [1.807, 2.05) is 0 Å². The molecule has 0 saturated heterocycles. The number of alkyl halides is 3. The molecule has 0 fully saturated rings. The number of hydrogen-bond acceptors (Lipinski definition) is 1. The summed E-state index contributed by atoms with van der Waals surface area (Å²) in [7, 11) is 0. The zero-order chi connectivity index (χ0) is 14.8. The van der Waals surface area contributed by atoms with Crippen LogP contribution in [-0.4, -0.2) is 6.18 Å². The molecule has 20 heavy (non-hydrogen) atoms. The molecule has 0 aliphatic rings. The number of benzene rings is 2. The molecule has 0 heterocycles. The Bertz CT molecular complexity index is 581. The predicted molar refractivity (Wildman–Crippen MR) is 77.7 cm³/mol. The first-order valence-electron chi connectivity index (χ1n) is 6.02. The van der Waals surface area contributed by atoms with Crippen LogP contribution in [0.15, 0.2) is 53.0 Å². The normalized spacial score (nSPS) is 13.1. The summed E-state index contributed by atoms with van der Waals surface area (Å²) < 4.78 is 40.5. The van der Waals surface area contributed by atoms with E-state index < -0.39 is 12.2 Å². The third kappa shape index (κ3) is 3.54. The van der Waals surface area contributed by atoms with Crippen molar-refractivity contribution in [2.45, 2.75) is 19.1 Å². The van der Waals surface area contributed by atoms with E-state index in [1.54, 1.807) is 43.3 Å². The Labute approximate surface area is 123 Å². The van der Waals surface area contributed by atoms with Crippen LogP contribution in [0.3, 0.4) is 0 Å². The van der Waals surface area contributed by atoms with Gasteiger partial charge in [-0.05, 0) is 36.2 Å². The first kappa shape index (κ1) is 14.9. The van der Waals surface area contributed by atoms with Crippen molar-refractivity contribution in [1.29, 1.82) is 0 Å². The van der Waals surface area contributed by atoms with Crippen LogP contribution in [0, 0.1) is 6.92 Å². The van der Waals surface area contributed by atoms with Gasteiger partial charge in [0.2, 0.25) is 0 Å². The van der Waals surface area contributed by atoms with Gasteiger partial charge in [0.15, 0.2) is 0 Å². The van der Waals surface area contributed by atoms with Gasteiger partial charge in [-0.2, -0.15) is 13.2 Å². The molecular weight excluding hydrogens is 331 g/mol. The molecule has 0 aliphatic carbocycles. The molecule has 2 aromatic carbocycles. The number of hydrogen-bond donors (Lipinski definition) is 1. The van der Waals surface area contributed by atoms with Gasteiger partial charge in [0.05, 0.1) is 0 Å². The summed E-state index contributed by atoms with van der Waals surface area (Å²) in [5, 5.41) is 2.58. The van der Waals surface area contributed by atoms with E-state index in [4.69, 9.17) is 0 Å². The predicted octanol–water partition coefficient (Wildman–Crippen LogP) is 5.47. The van der Waals surface area contributed by atoms with E-state index in [0.29, 0.717) is 5.69 Å². The Morgan fingerprint density at radius 1 is 1.05 bits per heavy atom. The second kappa shape index (κ2) is 5.87. The molecular formula is C15H13BrF3N. The molecule has 106 valence electrons. The fourth-order valence-electron chi connectivity index (χ4n) is 1.94. The lowest BCUT2D eigenvalue weighted by Crippen LogP contribution is -2.28. The van der Waals surface area contributed by atoms with Crippen molar-refractivity contribution in [2.24, 2.45) is 0 Å². The molecule has 2 aromatic rings. The zero-order valence-corrected chi connectivity index (χ0v) is 12.3. The van der Waals surface area contributed by atoms with E-state index in [2.05, 4.69) is 21.2 Å². The molecule has 1 unspecified atom stereocenters. The summed E-state index contributed by atoms with van der Waals surface area (Å²) in [5.74, 6) is 0. The van der Waals surface area contributed by atoms with E-state index in [-0.39, 0.29) is 5.56 Å². The zero-order valence-electron chi connectivity index (χ0n) is 10.7. The highest BCUT2D eigenvalue weighted by atomic mass is 79.9. The van der Waals surface area contributed by atoms with Crippen LogP contribution in [0.5, 0.6) is 0 Å². The van der Waals surface area contributed by atoms with Gasteiger partial charge in [0.25, 0.3) is 0 Å². The lowest BCUT2D eigenvalue weighted by Gasteiger charge is -2.24. The van der Waals surface area contributed by atoms with Gasteiger partial charge < -0.3 is 5.32 Å². The van der Waals surface area contributed by atoms with Crippen LogP contribution >= 0.6 is 15.9 Å². The quantitative estimate of drug-likeness (QED) is 0.778. The van der Waals surface area contributed by atoms with Gasteiger partial charge in [0, 0.05) is 10.2 Å². The Morgan fingerprint density at radius 2 is 1.70 bits per heavy atom. The topological polar surface area (TPSA) is 12.0 Å². The van der Waals surface area contributed by atoms with Crippen molar-refractivity contribution in [1.82, 2.24) is 0 Å². The van der Waals surface area contributed by atoms with Crippen LogP contribution in [-0.2, 0) is 0 Å². The Kier molecular flexibility index (Phi) is 4.38. The average molecular weight is 344 g/mol. The van der Waals surface area contributed by atoms with Crippen LogP contribution in [0.1, 0.15) is 17.2 Å². The maximum Gasteiger partial charge on any atom is 0.412 e. The third-order valence-corrected chi connectivity index (χ3v) is 3.44. The number of halogens is 4. The van der Waals surface area contributed by atoms with Gasteiger partial charge in [-0.1, -0.05) is 46.3 Å². The van der Waals surface area contributed by atoms with Crippen LogP contribution in [0.4, 0.5) is 18.9 Å². The van der Waals surface area contributed by atoms with E-state index in [1.165, 1.54) is 12.1 Å². The lowest BCUT2D eigenvalue weighted by molar-refractivity contribution is -0.144. The highest BCUT2D eigenvalue weighted by molar-refractivity contribution is 9.10. The van der Waals surface area contributed by atoms with Crippen molar-refractivity contribution in [2.75, 3.05) is 5.32 Å². The molecule has 0 spiro atoms. The van der Waals surface area contributed by atoms with Gasteiger partial charge in [-0.15, -0.1) is 0 Å². The maximum absolute atomic E-state index is 13.2. The Morgan fingerprint density at radius 3 is 2.25 bits per heavy atom. The lowest BCUT2D eigenvalue weighted by atomic mass is 10.1. The Hall–Kier alpha value is -1.49. The molecule has 1 atom stereocenters. The van der Waals surface area contributed by atoms with Crippen molar-refractivity contribution in [3.8, 4) is 0 Å². The average Bonchev–Trinajstić information content (AvgIpc) is 2.37. The summed E-state index contributed by atoms with van der Waals surface area (Å²) in [6.45, 7) is 1.77. The molecule has 2 rings (SSSR count). The molecule has 0 amide bonds. The minimum Gasteiger partial charge on any atom is -0.370 e. The van der Waals surface area contributed by atoms with Crippen molar-refractivity contribution in [3.63, 3.8) is 0 Å². The van der Waals surface area contributed by atoms with E-state index in [9.17, 15) is 13.2 Å². The molecule has 0 bridgehead atoms. The number of aryl methyl sites for hydroxylation is 1. The summed E-state index contributed by atoms with van der Waals surface area (Å²) in [4.78, 5) is 0. The largest absolute Gasteiger partial charge is 0.412 e. The minimum atomic E-state index is -4.36. The van der Waals surface area contributed by atoms with Crippen LogP contribution in [0.2, 0.25) is 0 Å². The van der Waals surface area contributed by atoms with Crippen molar-refractivity contribution >= 4 is 21.6 Å². The van der Waals surface area contributed by atoms with Crippen molar-refractivity contribution < 1.29 is 13.2 Å². The summed E-state index contributed by atoms with van der Waals surface area (Å²) >= 11 is 3.30. The standard InChI is InChI=1S/C15H13BrF3N/c1-10-9-12(16)7-8-13(10)20-14(15(17,18)19)11-5-3-2-4-6-11/h2-9,14,20H,1H3. The summed E-state index contributed by atoms with van der Waals surface area (Å²) in [6, 6.07) is 11.3. The highest BCUT2D eigenvalue weighted by Gasteiger charge is 2.40. The summed E-state index contributed by atoms with van der Waals surface area (Å²) in [6.07, 6.45) is -4.36. The minimum absolute atomic E-state index is 0.197. The molecule has 1 N–H and O–H groups in total. The molecule has 5 heteroatoms. The smallest absolute Gasteiger partial charge is 0.370 e. The second-order valence-electron chi connectivity index (χ2n) is 4.49. The number of anilines is 1. The number of rotatable bonds is 3. The van der Waals surface area contributed by atoms with E-state index >= 15 is 0 Å². The molecule has 0 saturated carbocycles. The van der Waals surface area contributed by atoms with E-state index in [0.717, 1.165) is 10.0 Å². The van der Waals surface area contributed by atoms with Crippen LogP contribution < -0.4 is 5.32 Å². The second-order valence-corrected chi connectivity index (χ2v) is 5.40. The fraction of sp³-hybridized carbons (Fsp3) is 0.200. The van der Waals surface area contributed by atoms with Crippen molar-refractivity contribution in [3.05, 3.63) is 64.1 Å². The van der Waals surface area contributed by atoms with Gasteiger partial charge in [-0.3, -0.25) is 0 Å². The monoisotopic (exact) mass is 343 g/mol. The third-order valence-electron chi connectivity index (χ3n) is 2.95. The Balaban J connectivity index is 2.34. The first-order valence-corrected chi connectivity index (χ1v) is 6.81. The molecule has 0 radical (unpaired) electrons. The molecule has 0 aliphatic heterocycles. The number of nitrogens with one attached hydrogen (secondary N) is 1. The fourth-order valence-corrected chi connectivity index (χ4v) is 2.42. The van der Waals surface area contributed by atoms with Gasteiger partial charge in [-0.25, -0.2) is 0 Å². The SMILES string of the molecule is Cc1cc(Br)ccc1NC(c1ccccc1)C(F)(F)F. The highest BCUT2D eigenvalue weighted by Crippen LogP contribution is 2.36. The molecule has 0 aromatic heterocycles. The van der Waals surface area contributed by atoms with Gasteiger partial charge >= 0.3 is 6.18 Å². The maximum atomic E-state index is 13.2. The summed E-state index contributed by atoms with van der Waals surface area (Å²) in [5.41, 5.74) is 1.42. The van der Waals surface area contributed by atoms with Crippen LogP contribution in [0.25, 0.3) is 0 Å². The van der Waals surface area contributed by atoms with Gasteiger partial charge in [0.1, 0.15) is 6.04 Å². The first-order chi connectivity index (χ1) is 9.38.